The van der Waals surface area contributed by atoms with Crippen LogP contribution in [-0.2, 0) is 9.59 Å². The van der Waals surface area contributed by atoms with Gasteiger partial charge in [0.2, 0.25) is 5.91 Å². The summed E-state index contributed by atoms with van der Waals surface area (Å²) in [5.74, 6) is -0.984. The number of hydrogen-bond acceptors (Lipinski definition) is 3. The van der Waals surface area contributed by atoms with Crippen molar-refractivity contribution in [3.63, 3.8) is 0 Å². The number of carboxylic acids is 1. The topological polar surface area (TPSA) is 92.4 Å². The Labute approximate surface area is 102 Å². The van der Waals surface area contributed by atoms with E-state index < -0.39 is 17.6 Å². The number of amides is 1. The highest BCUT2D eigenvalue weighted by Gasteiger charge is 2.43. The monoisotopic (exact) mass is 242 g/mol. The summed E-state index contributed by atoms with van der Waals surface area (Å²) in [6.07, 6.45) is 3.34. The van der Waals surface area contributed by atoms with Crippen molar-refractivity contribution in [2.45, 2.75) is 57.5 Å². The molecule has 0 aromatic heterocycles. The average Bonchev–Trinajstić information content (AvgIpc) is 2.27. The fraction of sp³-hybridized carbons (Fsp3) is 0.833. The summed E-state index contributed by atoms with van der Waals surface area (Å²) in [7, 11) is 0. The minimum atomic E-state index is -1.11. The van der Waals surface area contributed by atoms with Gasteiger partial charge in [0.15, 0.2) is 0 Å². The Hall–Kier alpha value is -1.10. The van der Waals surface area contributed by atoms with E-state index >= 15 is 0 Å². The zero-order chi connectivity index (χ0) is 13.1. The summed E-state index contributed by atoms with van der Waals surface area (Å²) in [4.78, 5) is 23.2. The van der Waals surface area contributed by atoms with E-state index in [1.807, 2.05) is 6.92 Å². The zero-order valence-electron chi connectivity index (χ0n) is 10.5. The van der Waals surface area contributed by atoms with Crippen LogP contribution in [0.1, 0.15) is 46.0 Å². The smallest absolute Gasteiger partial charge is 0.329 e. The van der Waals surface area contributed by atoms with Crippen molar-refractivity contribution in [1.29, 1.82) is 0 Å². The van der Waals surface area contributed by atoms with Crippen molar-refractivity contribution in [2.24, 2.45) is 11.7 Å². The summed E-state index contributed by atoms with van der Waals surface area (Å²) >= 11 is 0. The number of rotatable bonds is 4. The molecule has 0 aliphatic heterocycles. The predicted molar refractivity (Wildman–Crippen MR) is 64.4 cm³/mol. The lowest BCUT2D eigenvalue weighted by Gasteiger charge is -2.37. The fourth-order valence-electron chi connectivity index (χ4n) is 2.43. The van der Waals surface area contributed by atoms with Crippen LogP contribution >= 0.6 is 0 Å². The molecule has 1 fully saturated rings. The molecule has 3 unspecified atom stereocenters. The second kappa shape index (κ2) is 5.49. The molecular weight excluding hydrogens is 220 g/mol. The van der Waals surface area contributed by atoms with E-state index in [4.69, 9.17) is 5.73 Å². The lowest BCUT2D eigenvalue weighted by molar-refractivity contribution is -0.150. The molecule has 1 saturated carbocycles. The molecule has 0 spiro atoms. The largest absolute Gasteiger partial charge is 0.480 e. The van der Waals surface area contributed by atoms with Gasteiger partial charge in [-0.3, -0.25) is 4.79 Å². The van der Waals surface area contributed by atoms with E-state index in [0.29, 0.717) is 25.2 Å². The highest BCUT2D eigenvalue weighted by Crippen LogP contribution is 2.32. The minimum absolute atomic E-state index is 0.318. The number of carbonyl (C=O) groups excluding carboxylic acids is 1. The summed E-state index contributed by atoms with van der Waals surface area (Å²) in [6, 6.07) is -0.622. The molecule has 1 rings (SSSR count). The number of nitrogens with two attached hydrogens (primary N) is 1. The Morgan fingerprint density at radius 1 is 1.59 bits per heavy atom. The number of carbonyl (C=O) groups is 2. The predicted octanol–water partition coefficient (Wildman–Crippen LogP) is 0.873. The quantitative estimate of drug-likeness (QED) is 0.682. The van der Waals surface area contributed by atoms with Crippen LogP contribution in [0.15, 0.2) is 0 Å². The van der Waals surface area contributed by atoms with Crippen molar-refractivity contribution in [3.05, 3.63) is 0 Å². The first-order chi connectivity index (χ1) is 7.91. The lowest BCUT2D eigenvalue weighted by atomic mass is 9.76. The van der Waals surface area contributed by atoms with Gasteiger partial charge >= 0.3 is 5.97 Å². The van der Waals surface area contributed by atoms with Gasteiger partial charge in [-0.25, -0.2) is 4.79 Å². The van der Waals surface area contributed by atoms with Crippen LogP contribution in [0.5, 0.6) is 0 Å². The molecule has 5 heteroatoms. The van der Waals surface area contributed by atoms with Crippen molar-refractivity contribution < 1.29 is 14.7 Å². The highest BCUT2D eigenvalue weighted by molar-refractivity contribution is 5.89. The third-order valence-electron chi connectivity index (χ3n) is 3.55. The van der Waals surface area contributed by atoms with Crippen LogP contribution in [0.2, 0.25) is 0 Å². The molecule has 0 radical (unpaired) electrons. The van der Waals surface area contributed by atoms with Gasteiger partial charge in [-0.05, 0) is 25.2 Å². The first-order valence-corrected chi connectivity index (χ1v) is 6.22. The maximum absolute atomic E-state index is 11.8. The molecular formula is C12H22N2O3. The number of carboxylic acid groups (broad SMARTS) is 1. The van der Waals surface area contributed by atoms with Gasteiger partial charge in [0, 0.05) is 0 Å². The van der Waals surface area contributed by atoms with Gasteiger partial charge < -0.3 is 16.2 Å². The van der Waals surface area contributed by atoms with Gasteiger partial charge in [0.1, 0.15) is 5.54 Å². The Kier molecular flexibility index (Phi) is 4.51. The van der Waals surface area contributed by atoms with Crippen molar-refractivity contribution in [1.82, 2.24) is 5.32 Å². The number of nitrogens with one attached hydrogen (secondary N) is 1. The van der Waals surface area contributed by atoms with E-state index in [1.165, 1.54) is 0 Å². The Bertz CT molecular complexity index is 306. The molecule has 0 heterocycles. The summed E-state index contributed by atoms with van der Waals surface area (Å²) in [6.45, 7) is 3.82. The molecule has 4 N–H and O–H groups in total. The van der Waals surface area contributed by atoms with Gasteiger partial charge in [0.05, 0.1) is 6.04 Å². The van der Waals surface area contributed by atoms with E-state index in [9.17, 15) is 14.7 Å². The van der Waals surface area contributed by atoms with Crippen molar-refractivity contribution >= 4 is 11.9 Å². The Balaban J connectivity index is 2.78. The molecule has 3 atom stereocenters. The van der Waals surface area contributed by atoms with Crippen LogP contribution in [-0.4, -0.2) is 28.6 Å². The standard InChI is InChI=1S/C12H22N2O3/c1-3-9(13)10(15)14-12(11(16)17)6-4-5-8(2)7-12/h8-9H,3-7,13H2,1-2H3,(H,14,15)(H,16,17). The second-order valence-corrected chi connectivity index (χ2v) is 5.09. The number of aliphatic carboxylic acids is 1. The molecule has 0 saturated heterocycles. The molecule has 17 heavy (non-hydrogen) atoms. The molecule has 1 aliphatic carbocycles. The summed E-state index contributed by atoms with van der Waals surface area (Å²) in [5.41, 5.74) is 4.51. The second-order valence-electron chi connectivity index (χ2n) is 5.09. The first kappa shape index (κ1) is 14.0. The SMILES string of the molecule is CCC(N)C(=O)NC1(C(=O)O)CCCC(C)C1. The molecule has 1 amide bonds. The molecule has 0 aromatic carbocycles. The average molecular weight is 242 g/mol. The highest BCUT2D eigenvalue weighted by atomic mass is 16.4. The van der Waals surface area contributed by atoms with E-state index in [-0.39, 0.29) is 5.91 Å². The van der Waals surface area contributed by atoms with Gasteiger partial charge in [-0.15, -0.1) is 0 Å². The maximum Gasteiger partial charge on any atom is 0.329 e. The minimum Gasteiger partial charge on any atom is -0.480 e. The van der Waals surface area contributed by atoms with E-state index in [2.05, 4.69) is 5.32 Å². The van der Waals surface area contributed by atoms with Crippen molar-refractivity contribution in [2.75, 3.05) is 0 Å². The van der Waals surface area contributed by atoms with Crippen LogP contribution in [0, 0.1) is 5.92 Å². The molecule has 0 aromatic rings. The van der Waals surface area contributed by atoms with Gasteiger partial charge in [0.25, 0.3) is 0 Å². The lowest BCUT2D eigenvalue weighted by Crippen LogP contribution is -2.59. The Morgan fingerprint density at radius 2 is 2.24 bits per heavy atom. The van der Waals surface area contributed by atoms with Crippen LogP contribution < -0.4 is 11.1 Å². The van der Waals surface area contributed by atoms with Crippen LogP contribution in [0.25, 0.3) is 0 Å². The van der Waals surface area contributed by atoms with Gasteiger partial charge in [-0.2, -0.15) is 0 Å². The van der Waals surface area contributed by atoms with Crippen LogP contribution in [0.4, 0.5) is 0 Å². The number of hydrogen-bond donors (Lipinski definition) is 3. The van der Waals surface area contributed by atoms with Crippen molar-refractivity contribution in [3.8, 4) is 0 Å². The Morgan fingerprint density at radius 3 is 2.71 bits per heavy atom. The summed E-state index contributed by atoms with van der Waals surface area (Å²) in [5, 5.41) is 12.0. The third-order valence-corrected chi connectivity index (χ3v) is 3.55. The fourth-order valence-corrected chi connectivity index (χ4v) is 2.43. The zero-order valence-corrected chi connectivity index (χ0v) is 10.5. The summed E-state index contributed by atoms with van der Waals surface area (Å²) < 4.78 is 0. The third kappa shape index (κ3) is 3.19. The van der Waals surface area contributed by atoms with Crippen LogP contribution in [0.3, 0.4) is 0 Å². The molecule has 0 bridgehead atoms. The van der Waals surface area contributed by atoms with E-state index in [1.54, 1.807) is 6.92 Å². The molecule has 1 aliphatic rings. The first-order valence-electron chi connectivity index (χ1n) is 6.22. The normalized spacial score (nSPS) is 30.6. The van der Waals surface area contributed by atoms with Gasteiger partial charge in [-0.1, -0.05) is 26.7 Å². The maximum atomic E-state index is 11.8. The van der Waals surface area contributed by atoms with E-state index in [0.717, 1.165) is 12.8 Å². The molecule has 5 nitrogen and oxygen atoms in total. The molecule has 98 valence electrons.